The van der Waals surface area contributed by atoms with Crippen molar-refractivity contribution in [1.29, 1.82) is 0 Å². The van der Waals surface area contributed by atoms with Gasteiger partial charge >= 0.3 is 0 Å². The molecule has 0 aromatic carbocycles. The van der Waals surface area contributed by atoms with Gasteiger partial charge in [-0.05, 0) is 39.8 Å². The van der Waals surface area contributed by atoms with E-state index in [1.54, 1.807) is 11.0 Å². The molecule has 2 aliphatic heterocycles. The Kier molecular flexibility index (Phi) is 6.46. The van der Waals surface area contributed by atoms with E-state index in [0.717, 1.165) is 65.0 Å². The average molecular weight is 377 g/mol. The van der Waals surface area contributed by atoms with Gasteiger partial charge in [0.2, 0.25) is 11.8 Å². The number of carbonyl (C=O) groups excluding carboxylic acids is 2. The van der Waals surface area contributed by atoms with Crippen molar-refractivity contribution < 1.29 is 9.59 Å². The number of nitrogens with zero attached hydrogens (tertiary/aromatic N) is 6. The molecule has 2 fully saturated rings. The summed E-state index contributed by atoms with van der Waals surface area (Å²) in [5.41, 5.74) is 0.0834. The van der Waals surface area contributed by atoms with Crippen molar-refractivity contribution in [2.24, 2.45) is 5.41 Å². The molecule has 1 aromatic heterocycles. The first kappa shape index (κ1) is 19.8. The van der Waals surface area contributed by atoms with Gasteiger partial charge in [-0.1, -0.05) is 0 Å². The van der Waals surface area contributed by atoms with Gasteiger partial charge in [0.15, 0.2) is 0 Å². The number of rotatable bonds is 7. The minimum absolute atomic E-state index is 0.0834. The van der Waals surface area contributed by atoms with Crippen molar-refractivity contribution in [1.82, 2.24) is 29.5 Å². The number of piperidine rings is 2. The normalized spacial score (nSPS) is 23.4. The van der Waals surface area contributed by atoms with Gasteiger partial charge in [0.1, 0.15) is 12.7 Å². The van der Waals surface area contributed by atoms with Gasteiger partial charge in [-0.25, -0.2) is 4.98 Å². The summed E-state index contributed by atoms with van der Waals surface area (Å²) in [4.78, 5) is 35.1. The Balaban J connectivity index is 1.52. The van der Waals surface area contributed by atoms with Gasteiger partial charge in [-0.15, -0.1) is 0 Å². The van der Waals surface area contributed by atoms with Gasteiger partial charge in [-0.2, -0.15) is 5.10 Å². The number of aryl methyl sites for hydroxylation is 1. The van der Waals surface area contributed by atoms with Crippen molar-refractivity contribution in [3.63, 3.8) is 0 Å². The molecule has 0 aliphatic carbocycles. The Hall–Kier alpha value is -1.96. The topological polar surface area (TPSA) is 74.6 Å². The van der Waals surface area contributed by atoms with Crippen LogP contribution in [0.15, 0.2) is 12.7 Å². The van der Waals surface area contributed by atoms with Crippen LogP contribution in [-0.4, -0.2) is 88.1 Å². The van der Waals surface area contributed by atoms with Crippen LogP contribution < -0.4 is 0 Å². The van der Waals surface area contributed by atoms with E-state index in [0.29, 0.717) is 12.8 Å². The van der Waals surface area contributed by atoms with Crippen LogP contribution in [0.2, 0.25) is 0 Å². The van der Waals surface area contributed by atoms with E-state index >= 15 is 0 Å². The third-order valence-corrected chi connectivity index (χ3v) is 5.82. The van der Waals surface area contributed by atoms with E-state index in [-0.39, 0.29) is 17.2 Å². The standard InChI is InChI=1S/C19H32N6O2/c1-22(2)11-12-24-14-19(8-6-18(24)27)7-4-9-23(13-19)17(26)5-3-10-25-16-20-15-21-25/h15-16H,3-14H2,1-2H3/t19-/m1/s1. The van der Waals surface area contributed by atoms with Crippen molar-refractivity contribution in [3.05, 3.63) is 12.7 Å². The second-order valence-electron chi connectivity index (χ2n) is 8.30. The molecule has 8 nitrogen and oxygen atoms in total. The Labute approximate surface area is 161 Å². The largest absolute Gasteiger partial charge is 0.342 e. The van der Waals surface area contributed by atoms with Crippen LogP contribution in [0, 0.1) is 5.41 Å². The summed E-state index contributed by atoms with van der Waals surface area (Å²) in [6.07, 6.45) is 8.18. The van der Waals surface area contributed by atoms with E-state index in [1.807, 2.05) is 23.9 Å². The van der Waals surface area contributed by atoms with Crippen LogP contribution in [0.5, 0.6) is 0 Å². The molecule has 150 valence electrons. The molecule has 1 spiro atoms. The van der Waals surface area contributed by atoms with Crippen LogP contribution >= 0.6 is 0 Å². The molecule has 8 heteroatoms. The fourth-order valence-electron chi connectivity index (χ4n) is 4.28. The second-order valence-corrected chi connectivity index (χ2v) is 8.30. The maximum atomic E-state index is 12.7. The minimum atomic E-state index is 0.0834. The van der Waals surface area contributed by atoms with Gasteiger partial charge in [0.05, 0.1) is 0 Å². The molecular formula is C19H32N6O2. The maximum absolute atomic E-state index is 12.7. The van der Waals surface area contributed by atoms with Gasteiger partial charge in [0, 0.05) is 57.5 Å². The Bertz CT molecular complexity index is 632. The highest BCUT2D eigenvalue weighted by Gasteiger charge is 2.42. The molecule has 2 aliphatic rings. The van der Waals surface area contributed by atoms with Crippen LogP contribution in [0.1, 0.15) is 38.5 Å². The molecule has 2 saturated heterocycles. The highest BCUT2D eigenvalue weighted by molar-refractivity contribution is 5.78. The summed E-state index contributed by atoms with van der Waals surface area (Å²) in [6.45, 7) is 4.81. The SMILES string of the molecule is CN(C)CCN1C[C@]2(CCCN(C(=O)CCCn3cncn3)C2)CCC1=O. The first-order valence-electron chi connectivity index (χ1n) is 10.0. The molecule has 1 atom stereocenters. The molecule has 1 aromatic rings. The van der Waals surface area contributed by atoms with Crippen molar-refractivity contribution in [2.45, 2.75) is 45.1 Å². The molecule has 0 saturated carbocycles. The lowest BCUT2D eigenvalue weighted by atomic mass is 9.73. The third-order valence-electron chi connectivity index (χ3n) is 5.82. The summed E-state index contributed by atoms with van der Waals surface area (Å²) in [5.74, 6) is 0.490. The minimum Gasteiger partial charge on any atom is -0.342 e. The fourth-order valence-corrected chi connectivity index (χ4v) is 4.28. The lowest BCUT2D eigenvalue weighted by Gasteiger charge is -2.48. The number of hydrogen-bond acceptors (Lipinski definition) is 5. The number of aromatic nitrogens is 3. The molecule has 3 heterocycles. The predicted molar refractivity (Wildman–Crippen MR) is 102 cm³/mol. The molecular weight excluding hydrogens is 344 g/mol. The lowest BCUT2D eigenvalue weighted by molar-refractivity contribution is -0.143. The van der Waals surface area contributed by atoms with Crippen LogP contribution in [0.4, 0.5) is 0 Å². The highest BCUT2D eigenvalue weighted by Crippen LogP contribution is 2.39. The zero-order valence-corrected chi connectivity index (χ0v) is 16.6. The summed E-state index contributed by atoms with van der Waals surface area (Å²) in [5, 5.41) is 4.08. The Morgan fingerprint density at radius 1 is 1.26 bits per heavy atom. The maximum Gasteiger partial charge on any atom is 0.222 e. The number of likely N-dealkylation sites (N-methyl/N-ethyl adjacent to an activating group) is 1. The summed E-state index contributed by atoms with van der Waals surface area (Å²) < 4.78 is 1.76. The monoisotopic (exact) mass is 376 g/mol. The second kappa shape index (κ2) is 8.82. The van der Waals surface area contributed by atoms with E-state index < -0.39 is 0 Å². The predicted octanol–water partition coefficient (Wildman–Crippen LogP) is 0.851. The zero-order chi connectivity index (χ0) is 19.3. The summed E-state index contributed by atoms with van der Waals surface area (Å²) in [6, 6.07) is 0. The fraction of sp³-hybridized carbons (Fsp3) is 0.789. The number of carbonyl (C=O) groups is 2. The summed E-state index contributed by atoms with van der Waals surface area (Å²) >= 11 is 0. The molecule has 0 N–H and O–H groups in total. The van der Waals surface area contributed by atoms with Crippen LogP contribution in [0.25, 0.3) is 0 Å². The van der Waals surface area contributed by atoms with Crippen LogP contribution in [0.3, 0.4) is 0 Å². The molecule has 0 radical (unpaired) electrons. The molecule has 0 bridgehead atoms. The molecule has 0 unspecified atom stereocenters. The third kappa shape index (κ3) is 5.28. The number of likely N-dealkylation sites (tertiary alicyclic amines) is 2. The zero-order valence-electron chi connectivity index (χ0n) is 16.6. The first-order valence-corrected chi connectivity index (χ1v) is 10.0. The average Bonchev–Trinajstić information content (AvgIpc) is 3.16. The number of hydrogen-bond donors (Lipinski definition) is 0. The Morgan fingerprint density at radius 2 is 2.11 bits per heavy atom. The van der Waals surface area contributed by atoms with E-state index in [1.165, 1.54) is 6.33 Å². The molecule has 3 rings (SSSR count). The molecule has 27 heavy (non-hydrogen) atoms. The van der Waals surface area contributed by atoms with Crippen LogP contribution in [-0.2, 0) is 16.1 Å². The van der Waals surface area contributed by atoms with E-state index in [9.17, 15) is 9.59 Å². The lowest BCUT2D eigenvalue weighted by Crippen LogP contribution is -2.55. The van der Waals surface area contributed by atoms with Gasteiger partial charge < -0.3 is 14.7 Å². The highest BCUT2D eigenvalue weighted by atomic mass is 16.2. The summed E-state index contributed by atoms with van der Waals surface area (Å²) in [7, 11) is 4.06. The van der Waals surface area contributed by atoms with Crippen molar-refractivity contribution in [3.8, 4) is 0 Å². The van der Waals surface area contributed by atoms with Gasteiger partial charge in [0.25, 0.3) is 0 Å². The first-order chi connectivity index (χ1) is 13.0. The van der Waals surface area contributed by atoms with E-state index in [4.69, 9.17) is 0 Å². The van der Waals surface area contributed by atoms with Gasteiger partial charge in [-0.3, -0.25) is 14.3 Å². The van der Waals surface area contributed by atoms with Crippen molar-refractivity contribution in [2.75, 3.05) is 46.8 Å². The smallest absolute Gasteiger partial charge is 0.222 e. The van der Waals surface area contributed by atoms with E-state index in [2.05, 4.69) is 15.0 Å². The number of amides is 2. The quantitative estimate of drug-likeness (QED) is 0.705. The van der Waals surface area contributed by atoms with Crippen molar-refractivity contribution >= 4 is 11.8 Å². The Morgan fingerprint density at radius 3 is 2.85 bits per heavy atom. The molecule has 2 amide bonds.